The van der Waals surface area contributed by atoms with E-state index in [1.165, 1.54) is 25.4 Å². The standard InChI is InChI=1S/C20H17ClFN3O2/c1-12-9-17(19(27-2)11-14(12)21)25-20(26)18-10-13(7-8-23-18)24-16-6-4-3-5-15(16)22/h3-11H,1-2H3,(H,23,24)(H,25,26). The third kappa shape index (κ3) is 4.35. The average Bonchev–Trinajstić information content (AvgIpc) is 2.66. The van der Waals surface area contributed by atoms with Gasteiger partial charge in [0, 0.05) is 23.0 Å². The van der Waals surface area contributed by atoms with Crippen LogP contribution in [-0.2, 0) is 0 Å². The molecule has 2 aromatic carbocycles. The summed E-state index contributed by atoms with van der Waals surface area (Å²) in [5.41, 5.74) is 2.31. The van der Waals surface area contributed by atoms with Gasteiger partial charge in [0.1, 0.15) is 17.3 Å². The van der Waals surface area contributed by atoms with E-state index in [-0.39, 0.29) is 11.5 Å². The Balaban J connectivity index is 1.82. The molecule has 0 aliphatic carbocycles. The number of halogens is 2. The van der Waals surface area contributed by atoms with Crippen molar-refractivity contribution in [1.82, 2.24) is 4.98 Å². The first-order chi connectivity index (χ1) is 13.0. The van der Waals surface area contributed by atoms with Gasteiger partial charge in [-0.2, -0.15) is 0 Å². The number of pyridine rings is 1. The van der Waals surface area contributed by atoms with E-state index in [2.05, 4.69) is 15.6 Å². The van der Waals surface area contributed by atoms with Gasteiger partial charge in [-0.05, 0) is 42.8 Å². The lowest BCUT2D eigenvalue weighted by Crippen LogP contribution is -2.14. The van der Waals surface area contributed by atoms with Gasteiger partial charge in [0.2, 0.25) is 0 Å². The second kappa shape index (κ2) is 8.05. The first-order valence-corrected chi connectivity index (χ1v) is 8.49. The number of aromatic nitrogens is 1. The van der Waals surface area contributed by atoms with Crippen molar-refractivity contribution < 1.29 is 13.9 Å². The van der Waals surface area contributed by atoms with Crippen molar-refractivity contribution in [3.05, 3.63) is 76.8 Å². The molecule has 1 amide bonds. The number of carbonyl (C=O) groups is 1. The minimum atomic E-state index is -0.424. The Hall–Kier alpha value is -3.12. The van der Waals surface area contributed by atoms with Crippen molar-refractivity contribution in [1.29, 1.82) is 0 Å². The maximum Gasteiger partial charge on any atom is 0.274 e. The van der Waals surface area contributed by atoms with Crippen LogP contribution < -0.4 is 15.4 Å². The van der Waals surface area contributed by atoms with Gasteiger partial charge in [-0.25, -0.2) is 4.39 Å². The number of carbonyl (C=O) groups excluding carboxylic acids is 1. The van der Waals surface area contributed by atoms with Gasteiger partial charge in [0.25, 0.3) is 5.91 Å². The summed E-state index contributed by atoms with van der Waals surface area (Å²) in [6.45, 7) is 1.83. The number of ether oxygens (including phenoxy) is 1. The fourth-order valence-electron chi connectivity index (χ4n) is 2.47. The third-order valence-electron chi connectivity index (χ3n) is 3.87. The molecule has 3 aromatic rings. The molecule has 0 spiro atoms. The molecule has 5 nitrogen and oxygen atoms in total. The van der Waals surface area contributed by atoms with Crippen molar-refractivity contribution in [2.24, 2.45) is 0 Å². The number of nitrogens with zero attached hydrogens (tertiary/aromatic N) is 1. The second-order valence-electron chi connectivity index (χ2n) is 5.79. The Labute approximate surface area is 161 Å². The van der Waals surface area contributed by atoms with Crippen LogP contribution in [0.3, 0.4) is 0 Å². The van der Waals surface area contributed by atoms with E-state index in [0.29, 0.717) is 27.8 Å². The molecule has 3 rings (SSSR count). The molecular weight excluding hydrogens is 369 g/mol. The van der Waals surface area contributed by atoms with Crippen molar-refractivity contribution in [3.8, 4) is 5.75 Å². The Kier molecular flexibility index (Phi) is 5.57. The normalized spacial score (nSPS) is 10.4. The summed E-state index contributed by atoms with van der Waals surface area (Å²) in [6.07, 6.45) is 1.47. The number of hydrogen-bond donors (Lipinski definition) is 2. The van der Waals surface area contributed by atoms with E-state index in [1.54, 1.807) is 36.4 Å². The Morgan fingerprint density at radius 2 is 1.93 bits per heavy atom. The van der Waals surface area contributed by atoms with Gasteiger partial charge in [-0.1, -0.05) is 23.7 Å². The molecule has 0 unspecified atom stereocenters. The van der Waals surface area contributed by atoms with Crippen LogP contribution in [-0.4, -0.2) is 18.0 Å². The first-order valence-electron chi connectivity index (χ1n) is 8.11. The molecule has 0 aliphatic heterocycles. The zero-order valence-electron chi connectivity index (χ0n) is 14.7. The largest absolute Gasteiger partial charge is 0.495 e. The first kappa shape index (κ1) is 18.7. The van der Waals surface area contributed by atoms with Crippen LogP contribution in [0.1, 0.15) is 16.1 Å². The zero-order chi connectivity index (χ0) is 19.4. The number of nitrogens with one attached hydrogen (secondary N) is 2. The fourth-order valence-corrected chi connectivity index (χ4v) is 2.62. The quantitative estimate of drug-likeness (QED) is 0.634. The molecule has 7 heteroatoms. The maximum atomic E-state index is 13.8. The Morgan fingerprint density at radius 3 is 2.67 bits per heavy atom. The molecule has 0 atom stereocenters. The monoisotopic (exact) mass is 385 g/mol. The summed E-state index contributed by atoms with van der Waals surface area (Å²) < 4.78 is 19.1. The minimum absolute atomic E-state index is 0.172. The van der Waals surface area contributed by atoms with Crippen LogP contribution in [0.15, 0.2) is 54.7 Å². The SMILES string of the molecule is COc1cc(Cl)c(C)cc1NC(=O)c1cc(Nc2ccccc2F)ccn1. The number of aryl methyl sites for hydroxylation is 1. The molecular formula is C20H17ClFN3O2. The molecule has 1 heterocycles. The van der Waals surface area contributed by atoms with Gasteiger partial charge >= 0.3 is 0 Å². The summed E-state index contributed by atoms with van der Waals surface area (Å²) in [4.78, 5) is 16.7. The summed E-state index contributed by atoms with van der Waals surface area (Å²) in [5, 5.41) is 6.24. The number of rotatable bonds is 5. The van der Waals surface area contributed by atoms with Crippen LogP contribution in [0.4, 0.5) is 21.5 Å². The van der Waals surface area contributed by atoms with Crippen molar-refractivity contribution in [2.75, 3.05) is 17.7 Å². The topological polar surface area (TPSA) is 63.2 Å². The number of anilines is 3. The average molecular weight is 386 g/mol. The minimum Gasteiger partial charge on any atom is -0.495 e. The van der Waals surface area contributed by atoms with Crippen molar-refractivity contribution in [2.45, 2.75) is 6.92 Å². The number of methoxy groups -OCH3 is 1. The van der Waals surface area contributed by atoms with Gasteiger partial charge < -0.3 is 15.4 Å². The number of hydrogen-bond acceptors (Lipinski definition) is 4. The highest BCUT2D eigenvalue weighted by Crippen LogP contribution is 2.31. The Morgan fingerprint density at radius 1 is 1.15 bits per heavy atom. The summed E-state index contributed by atoms with van der Waals surface area (Å²) >= 11 is 6.08. The molecule has 0 aliphatic rings. The van der Waals surface area contributed by atoms with Crippen LogP contribution in [0.5, 0.6) is 5.75 Å². The number of benzene rings is 2. The molecule has 138 valence electrons. The fraction of sp³-hybridized carbons (Fsp3) is 0.100. The van der Waals surface area contributed by atoms with Gasteiger partial charge in [-0.3, -0.25) is 9.78 Å². The maximum absolute atomic E-state index is 13.8. The lowest BCUT2D eigenvalue weighted by molar-refractivity contribution is 0.102. The molecule has 0 bridgehead atoms. The molecule has 0 radical (unpaired) electrons. The van der Waals surface area contributed by atoms with Crippen LogP contribution in [0.25, 0.3) is 0 Å². The lowest BCUT2D eigenvalue weighted by Gasteiger charge is -2.13. The molecule has 0 fully saturated rings. The lowest BCUT2D eigenvalue weighted by atomic mass is 10.2. The molecule has 1 aromatic heterocycles. The third-order valence-corrected chi connectivity index (χ3v) is 4.28. The highest BCUT2D eigenvalue weighted by Gasteiger charge is 2.14. The van der Waals surface area contributed by atoms with Crippen molar-refractivity contribution >= 4 is 34.6 Å². The molecule has 2 N–H and O–H groups in total. The van der Waals surface area contributed by atoms with Gasteiger partial charge in [-0.15, -0.1) is 0 Å². The van der Waals surface area contributed by atoms with Gasteiger partial charge in [0.15, 0.2) is 0 Å². The molecule has 0 saturated carbocycles. The predicted octanol–water partition coefficient (Wildman–Crippen LogP) is 5.19. The molecule has 27 heavy (non-hydrogen) atoms. The summed E-state index contributed by atoms with van der Waals surface area (Å²) in [6, 6.07) is 12.8. The summed E-state index contributed by atoms with van der Waals surface area (Å²) in [5.74, 6) is -0.367. The van der Waals surface area contributed by atoms with E-state index < -0.39 is 5.91 Å². The molecule has 0 saturated heterocycles. The van der Waals surface area contributed by atoms with Crippen molar-refractivity contribution in [3.63, 3.8) is 0 Å². The van der Waals surface area contributed by atoms with E-state index in [1.807, 2.05) is 6.92 Å². The van der Waals surface area contributed by atoms with E-state index in [4.69, 9.17) is 16.3 Å². The van der Waals surface area contributed by atoms with E-state index in [0.717, 1.165) is 5.56 Å². The van der Waals surface area contributed by atoms with Crippen LogP contribution in [0.2, 0.25) is 5.02 Å². The highest BCUT2D eigenvalue weighted by atomic mass is 35.5. The predicted molar refractivity (Wildman–Crippen MR) is 105 cm³/mol. The Bertz CT molecular complexity index is 995. The van der Waals surface area contributed by atoms with E-state index in [9.17, 15) is 9.18 Å². The van der Waals surface area contributed by atoms with Crippen LogP contribution in [0, 0.1) is 12.7 Å². The van der Waals surface area contributed by atoms with E-state index >= 15 is 0 Å². The van der Waals surface area contributed by atoms with Crippen LogP contribution >= 0.6 is 11.6 Å². The zero-order valence-corrected chi connectivity index (χ0v) is 15.5. The number of para-hydroxylation sites is 1. The second-order valence-corrected chi connectivity index (χ2v) is 6.20. The highest BCUT2D eigenvalue weighted by molar-refractivity contribution is 6.31. The smallest absolute Gasteiger partial charge is 0.274 e. The van der Waals surface area contributed by atoms with Gasteiger partial charge in [0.05, 0.1) is 18.5 Å². The summed E-state index contributed by atoms with van der Waals surface area (Å²) in [7, 11) is 1.49. The number of amides is 1.